The summed E-state index contributed by atoms with van der Waals surface area (Å²) in [6.45, 7) is -0.0231. The molecule has 4 aromatic rings. The molecule has 0 N–H and O–H groups in total. The van der Waals surface area contributed by atoms with Crippen LogP contribution in [0.15, 0.2) is 89.7 Å². The van der Waals surface area contributed by atoms with Gasteiger partial charge in [-0.25, -0.2) is 9.78 Å². The number of oxazole rings is 1. The summed E-state index contributed by atoms with van der Waals surface area (Å²) in [5.74, 6) is -0.671. The molecule has 1 amide bonds. The summed E-state index contributed by atoms with van der Waals surface area (Å²) in [5.41, 5.74) is 3.05. The molecule has 6 nitrogen and oxygen atoms in total. The van der Waals surface area contributed by atoms with Crippen LogP contribution in [0.1, 0.15) is 16.8 Å². The van der Waals surface area contributed by atoms with Gasteiger partial charge in [-0.1, -0.05) is 36.4 Å². The Bertz CT molecular complexity index is 1080. The van der Waals surface area contributed by atoms with E-state index in [2.05, 4.69) is 4.98 Å². The largest absolute Gasteiger partial charge is 0.462 e. The average molecular weight is 386 g/mol. The molecule has 3 aromatic carbocycles. The fourth-order valence-corrected chi connectivity index (χ4v) is 3.00. The van der Waals surface area contributed by atoms with E-state index in [1.807, 2.05) is 60.7 Å². The Labute approximate surface area is 167 Å². The van der Waals surface area contributed by atoms with Crippen molar-refractivity contribution in [3.8, 4) is 0 Å². The molecule has 1 aromatic heterocycles. The van der Waals surface area contributed by atoms with E-state index < -0.39 is 5.97 Å². The predicted octanol–water partition coefficient (Wildman–Crippen LogP) is 4.74. The lowest BCUT2D eigenvalue weighted by Crippen LogP contribution is -2.27. The first-order chi connectivity index (χ1) is 14.2. The van der Waals surface area contributed by atoms with Crippen molar-refractivity contribution >= 4 is 34.4 Å². The van der Waals surface area contributed by atoms with Crippen molar-refractivity contribution in [3.63, 3.8) is 0 Å². The topological polar surface area (TPSA) is 72.6 Å². The van der Waals surface area contributed by atoms with Gasteiger partial charge < -0.3 is 9.15 Å². The molecule has 0 atom stereocenters. The van der Waals surface area contributed by atoms with Crippen LogP contribution in [0.3, 0.4) is 0 Å². The van der Waals surface area contributed by atoms with E-state index in [0.717, 1.165) is 11.4 Å². The van der Waals surface area contributed by atoms with E-state index in [1.165, 1.54) is 6.39 Å². The second-order valence-electron chi connectivity index (χ2n) is 6.32. The van der Waals surface area contributed by atoms with Crippen LogP contribution in [-0.4, -0.2) is 23.5 Å². The van der Waals surface area contributed by atoms with Gasteiger partial charge in [0.15, 0.2) is 12.0 Å². The SMILES string of the molecule is O=C(OCCC(=O)N(c1ccccc1)c1ccccc1)c1ccc2ocnc2c1. The minimum absolute atomic E-state index is 0.0231. The van der Waals surface area contributed by atoms with Gasteiger partial charge in [0.25, 0.3) is 0 Å². The molecule has 0 saturated carbocycles. The maximum atomic E-state index is 12.9. The molecular formula is C23H18N2O4. The number of fused-ring (bicyclic) bond motifs is 1. The second kappa shape index (κ2) is 8.39. The lowest BCUT2D eigenvalue weighted by atomic mass is 10.2. The molecule has 0 spiro atoms. The van der Waals surface area contributed by atoms with E-state index in [9.17, 15) is 9.59 Å². The van der Waals surface area contributed by atoms with Gasteiger partial charge in [-0.2, -0.15) is 0 Å². The molecule has 0 aliphatic heterocycles. The third-order valence-electron chi connectivity index (χ3n) is 4.39. The number of nitrogens with zero attached hydrogens (tertiary/aromatic N) is 2. The summed E-state index contributed by atoms with van der Waals surface area (Å²) in [7, 11) is 0. The fraction of sp³-hybridized carbons (Fsp3) is 0.0870. The highest BCUT2D eigenvalue weighted by molar-refractivity contribution is 6.00. The number of rotatable bonds is 6. The molecule has 29 heavy (non-hydrogen) atoms. The van der Waals surface area contributed by atoms with Crippen molar-refractivity contribution in [1.29, 1.82) is 0 Å². The normalized spacial score (nSPS) is 10.6. The standard InChI is InChI=1S/C23H18N2O4/c26-22(25(18-7-3-1-4-8-18)19-9-5-2-6-10-19)13-14-28-23(27)17-11-12-21-20(15-17)24-16-29-21/h1-12,15-16H,13-14H2. The van der Waals surface area contributed by atoms with E-state index >= 15 is 0 Å². The van der Waals surface area contributed by atoms with Gasteiger partial charge in [0.2, 0.25) is 5.91 Å². The molecule has 6 heteroatoms. The molecule has 4 rings (SSSR count). The first kappa shape index (κ1) is 18.4. The van der Waals surface area contributed by atoms with Gasteiger partial charge in [-0.3, -0.25) is 9.69 Å². The molecule has 144 valence electrons. The molecule has 0 aliphatic rings. The number of esters is 1. The van der Waals surface area contributed by atoms with Gasteiger partial charge in [-0.05, 0) is 42.5 Å². The van der Waals surface area contributed by atoms with Crippen LogP contribution in [0.4, 0.5) is 11.4 Å². The number of hydrogen-bond acceptors (Lipinski definition) is 5. The summed E-state index contributed by atoms with van der Waals surface area (Å²) < 4.78 is 10.5. The Kier molecular flexibility index (Phi) is 5.33. The maximum Gasteiger partial charge on any atom is 0.338 e. The summed E-state index contributed by atoms with van der Waals surface area (Å²) in [6, 6.07) is 23.6. The summed E-state index contributed by atoms with van der Waals surface area (Å²) in [4.78, 5) is 30.9. The quantitative estimate of drug-likeness (QED) is 0.448. The van der Waals surface area contributed by atoms with Crippen molar-refractivity contribution in [2.45, 2.75) is 6.42 Å². The van der Waals surface area contributed by atoms with Crippen LogP contribution < -0.4 is 4.90 Å². The highest BCUT2D eigenvalue weighted by Crippen LogP contribution is 2.25. The van der Waals surface area contributed by atoms with E-state index in [4.69, 9.17) is 9.15 Å². The zero-order valence-electron chi connectivity index (χ0n) is 15.5. The molecule has 0 fully saturated rings. The zero-order chi connectivity index (χ0) is 20.1. The highest BCUT2D eigenvalue weighted by Gasteiger charge is 2.18. The van der Waals surface area contributed by atoms with Crippen molar-refractivity contribution in [3.05, 3.63) is 90.8 Å². The van der Waals surface area contributed by atoms with E-state index in [-0.39, 0.29) is 18.9 Å². The summed E-state index contributed by atoms with van der Waals surface area (Å²) in [6.07, 6.45) is 1.38. The number of aromatic nitrogens is 1. The Morgan fingerprint density at radius 2 is 1.55 bits per heavy atom. The number of carbonyl (C=O) groups excluding carboxylic acids is 2. The molecule has 0 saturated heterocycles. The summed E-state index contributed by atoms with van der Waals surface area (Å²) in [5, 5.41) is 0. The number of ether oxygens (including phenoxy) is 1. The van der Waals surface area contributed by atoms with Crippen molar-refractivity contribution in [2.24, 2.45) is 0 Å². The number of para-hydroxylation sites is 2. The van der Waals surface area contributed by atoms with Crippen molar-refractivity contribution < 1.29 is 18.7 Å². The molecule has 0 unspecified atom stereocenters. The zero-order valence-corrected chi connectivity index (χ0v) is 15.5. The van der Waals surface area contributed by atoms with Crippen molar-refractivity contribution in [1.82, 2.24) is 4.98 Å². The van der Waals surface area contributed by atoms with E-state index in [1.54, 1.807) is 23.1 Å². The second-order valence-corrected chi connectivity index (χ2v) is 6.32. The van der Waals surface area contributed by atoms with Crippen molar-refractivity contribution in [2.75, 3.05) is 11.5 Å². The first-order valence-corrected chi connectivity index (χ1v) is 9.16. The van der Waals surface area contributed by atoms with Gasteiger partial charge in [0.05, 0.1) is 12.0 Å². The molecule has 0 aliphatic carbocycles. The smallest absolute Gasteiger partial charge is 0.338 e. The molecular weight excluding hydrogens is 368 g/mol. The van der Waals surface area contributed by atoms with Crippen LogP contribution >= 0.6 is 0 Å². The van der Waals surface area contributed by atoms with E-state index in [0.29, 0.717) is 16.7 Å². The Morgan fingerprint density at radius 1 is 0.897 bits per heavy atom. The third kappa shape index (κ3) is 4.16. The van der Waals surface area contributed by atoms with Crippen LogP contribution in [0.25, 0.3) is 11.1 Å². The minimum atomic E-state index is -0.506. The molecule has 1 heterocycles. The Hall–Kier alpha value is -3.93. The van der Waals surface area contributed by atoms with Gasteiger partial charge >= 0.3 is 5.97 Å². The van der Waals surface area contributed by atoms with Gasteiger partial charge in [0, 0.05) is 11.4 Å². The highest BCUT2D eigenvalue weighted by atomic mass is 16.5. The van der Waals surface area contributed by atoms with Gasteiger partial charge in [0.1, 0.15) is 12.1 Å². The lowest BCUT2D eigenvalue weighted by Gasteiger charge is -2.23. The fourth-order valence-electron chi connectivity index (χ4n) is 3.00. The third-order valence-corrected chi connectivity index (χ3v) is 4.39. The first-order valence-electron chi connectivity index (χ1n) is 9.16. The predicted molar refractivity (Wildman–Crippen MR) is 109 cm³/mol. The Morgan fingerprint density at radius 3 is 2.21 bits per heavy atom. The number of benzene rings is 3. The average Bonchev–Trinajstić information content (AvgIpc) is 3.23. The molecule has 0 radical (unpaired) electrons. The van der Waals surface area contributed by atoms with Crippen LogP contribution in [0.5, 0.6) is 0 Å². The maximum absolute atomic E-state index is 12.9. The monoisotopic (exact) mass is 386 g/mol. The number of hydrogen-bond donors (Lipinski definition) is 0. The molecule has 0 bridgehead atoms. The number of amides is 1. The Balaban J connectivity index is 1.43. The van der Waals surface area contributed by atoms with Crippen LogP contribution in [0.2, 0.25) is 0 Å². The summed E-state index contributed by atoms with van der Waals surface area (Å²) >= 11 is 0. The minimum Gasteiger partial charge on any atom is -0.462 e. The number of carbonyl (C=O) groups is 2. The van der Waals surface area contributed by atoms with Crippen LogP contribution in [0, 0.1) is 0 Å². The lowest BCUT2D eigenvalue weighted by molar-refractivity contribution is -0.118. The number of anilines is 2. The van der Waals surface area contributed by atoms with Gasteiger partial charge in [-0.15, -0.1) is 0 Å². The van der Waals surface area contributed by atoms with Crippen LogP contribution in [-0.2, 0) is 9.53 Å².